The van der Waals surface area contributed by atoms with Gasteiger partial charge in [-0.3, -0.25) is 4.99 Å². The summed E-state index contributed by atoms with van der Waals surface area (Å²) in [5.74, 6) is 2.73. The second kappa shape index (κ2) is 10.6. The highest BCUT2D eigenvalue weighted by Crippen LogP contribution is 2.27. The lowest BCUT2D eigenvalue weighted by Crippen LogP contribution is -2.39. The van der Waals surface area contributed by atoms with Gasteiger partial charge in [0.2, 0.25) is 0 Å². The molecule has 2 fully saturated rings. The smallest absolute Gasteiger partial charge is 0.190 e. The zero-order chi connectivity index (χ0) is 18.0. The Labute approximate surface area is 159 Å². The second-order valence-electron chi connectivity index (χ2n) is 8.01. The molecule has 1 aliphatic heterocycles. The van der Waals surface area contributed by atoms with E-state index >= 15 is 0 Å². The van der Waals surface area contributed by atoms with E-state index in [1.165, 1.54) is 70.1 Å². The standard InChI is InChI=1S/C22H36N4/c1-23-22(25-18-21-9-10-21)24-13-5-6-14-26-15-11-20(12-16-26)17-19-7-3-2-4-8-19/h2-4,7-8,20-21H,5-6,9-18H2,1H3,(H2,23,24,25). The van der Waals surface area contributed by atoms with Gasteiger partial charge in [-0.05, 0) is 82.0 Å². The summed E-state index contributed by atoms with van der Waals surface area (Å²) in [5, 5.41) is 6.87. The molecule has 1 saturated carbocycles. The lowest BCUT2D eigenvalue weighted by atomic mass is 9.90. The number of guanidine groups is 1. The van der Waals surface area contributed by atoms with Gasteiger partial charge in [0.1, 0.15) is 0 Å². The minimum Gasteiger partial charge on any atom is -0.356 e. The van der Waals surface area contributed by atoms with Crippen molar-refractivity contribution < 1.29 is 0 Å². The van der Waals surface area contributed by atoms with Crippen molar-refractivity contribution in [3.63, 3.8) is 0 Å². The Kier molecular flexibility index (Phi) is 7.81. The SMILES string of the molecule is CN=C(NCCCCN1CCC(Cc2ccccc2)CC1)NCC1CC1. The van der Waals surface area contributed by atoms with E-state index in [-0.39, 0.29) is 0 Å². The Morgan fingerprint density at radius 1 is 1.00 bits per heavy atom. The van der Waals surface area contributed by atoms with Gasteiger partial charge in [-0.1, -0.05) is 30.3 Å². The molecule has 0 spiro atoms. The third kappa shape index (κ3) is 6.99. The van der Waals surface area contributed by atoms with Crippen LogP contribution in [0.3, 0.4) is 0 Å². The molecule has 1 aromatic carbocycles. The fourth-order valence-electron chi connectivity index (χ4n) is 3.81. The third-order valence-electron chi connectivity index (χ3n) is 5.75. The first-order valence-electron chi connectivity index (χ1n) is 10.5. The van der Waals surface area contributed by atoms with Crippen molar-refractivity contribution in [3.05, 3.63) is 35.9 Å². The van der Waals surface area contributed by atoms with Gasteiger partial charge in [0.25, 0.3) is 0 Å². The van der Waals surface area contributed by atoms with Crippen LogP contribution in [0.25, 0.3) is 0 Å². The highest BCUT2D eigenvalue weighted by Gasteiger charge is 2.21. The fourth-order valence-corrected chi connectivity index (χ4v) is 3.81. The molecule has 2 N–H and O–H groups in total. The zero-order valence-corrected chi connectivity index (χ0v) is 16.4. The lowest BCUT2D eigenvalue weighted by molar-refractivity contribution is 0.181. The Hall–Kier alpha value is -1.55. The van der Waals surface area contributed by atoms with E-state index < -0.39 is 0 Å². The van der Waals surface area contributed by atoms with Crippen molar-refractivity contribution >= 4 is 5.96 Å². The van der Waals surface area contributed by atoms with E-state index in [1.807, 2.05) is 7.05 Å². The van der Waals surface area contributed by atoms with Crippen LogP contribution < -0.4 is 10.6 Å². The minimum absolute atomic E-state index is 0.871. The summed E-state index contributed by atoms with van der Waals surface area (Å²) in [6, 6.07) is 11.0. The first-order valence-corrected chi connectivity index (χ1v) is 10.5. The zero-order valence-electron chi connectivity index (χ0n) is 16.4. The van der Waals surface area contributed by atoms with Gasteiger partial charge in [0, 0.05) is 20.1 Å². The largest absolute Gasteiger partial charge is 0.356 e. The van der Waals surface area contributed by atoms with E-state index in [2.05, 4.69) is 50.9 Å². The molecule has 0 unspecified atom stereocenters. The van der Waals surface area contributed by atoms with Crippen LogP contribution in [0.4, 0.5) is 0 Å². The summed E-state index contributed by atoms with van der Waals surface area (Å²) in [7, 11) is 1.86. The van der Waals surface area contributed by atoms with Gasteiger partial charge in [0.05, 0.1) is 0 Å². The predicted molar refractivity (Wildman–Crippen MR) is 111 cm³/mol. The monoisotopic (exact) mass is 356 g/mol. The van der Waals surface area contributed by atoms with Crippen LogP contribution in [0, 0.1) is 11.8 Å². The van der Waals surface area contributed by atoms with Crippen molar-refractivity contribution in [3.8, 4) is 0 Å². The van der Waals surface area contributed by atoms with Crippen molar-refractivity contribution in [2.24, 2.45) is 16.8 Å². The molecule has 1 heterocycles. The quantitative estimate of drug-likeness (QED) is 0.405. The van der Waals surface area contributed by atoms with Crippen LogP contribution in [0.15, 0.2) is 35.3 Å². The number of unbranched alkanes of at least 4 members (excludes halogenated alkanes) is 1. The fraction of sp³-hybridized carbons (Fsp3) is 0.682. The minimum atomic E-state index is 0.871. The summed E-state index contributed by atoms with van der Waals surface area (Å²) in [5.41, 5.74) is 1.50. The average Bonchev–Trinajstić information content (AvgIpc) is 3.50. The highest BCUT2D eigenvalue weighted by atomic mass is 15.2. The molecule has 0 amide bonds. The van der Waals surface area contributed by atoms with E-state index in [9.17, 15) is 0 Å². The molecule has 144 valence electrons. The van der Waals surface area contributed by atoms with Crippen molar-refractivity contribution in [1.82, 2.24) is 15.5 Å². The van der Waals surface area contributed by atoms with Crippen LogP contribution in [0.2, 0.25) is 0 Å². The van der Waals surface area contributed by atoms with Crippen LogP contribution in [0.1, 0.15) is 44.1 Å². The summed E-state index contributed by atoms with van der Waals surface area (Å²) in [6.07, 6.45) is 9.21. The predicted octanol–water partition coefficient (Wildman–Crippen LogP) is 3.30. The lowest BCUT2D eigenvalue weighted by Gasteiger charge is -2.32. The van der Waals surface area contributed by atoms with Gasteiger partial charge in [-0.2, -0.15) is 0 Å². The third-order valence-corrected chi connectivity index (χ3v) is 5.75. The highest BCUT2D eigenvalue weighted by molar-refractivity contribution is 5.79. The normalized spacial score (nSPS) is 19.5. The number of rotatable bonds is 9. The molecule has 0 bridgehead atoms. The van der Waals surface area contributed by atoms with Gasteiger partial charge < -0.3 is 15.5 Å². The summed E-state index contributed by atoms with van der Waals surface area (Å²) >= 11 is 0. The Balaban J connectivity index is 1.21. The Morgan fingerprint density at radius 3 is 2.46 bits per heavy atom. The summed E-state index contributed by atoms with van der Waals surface area (Å²) < 4.78 is 0. The molecule has 1 saturated heterocycles. The molecule has 0 aromatic heterocycles. The molecule has 26 heavy (non-hydrogen) atoms. The molecule has 4 heteroatoms. The van der Waals surface area contributed by atoms with Gasteiger partial charge in [-0.15, -0.1) is 0 Å². The average molecular weight is 357 g/mol. The molecule has 2 aliphatic rings. The van der Waals surface area contributed by atoms with Gasteiger partial charge >= 0.3 is 0 Å². The first-order chi connectivity index (χ1) is 12.8. The molecule has 4 nitrogen and oxygen atoms in total. The number of likely N-dealkylation sites (tertiary alicyclic amines) is 1. The molecule has 0 radical (unpaired) electrons. The van der Waals surface area contributed by atoms with E-state index in [1.54, 1.807) is 0 Å². The van der Waals surface area contributed by atoms with E-state index in [4.69, 9.17) is 0 Å². The first kappa shape index (κ1) is 19.2. The van der Waals surface area contributed by atoms with E-state index in [0.717, 1.165) is 30.9 Å². The maximum Gasteiger partial charge on any atom is 0.190 e. The Bertz CT molecular complexity index is 530. The van der Waals surface area contributed by atoms with Crippen LogP contribution >= 0.6 is 0 Å². The number of hydrogen-bond donors (Lipinski definition) is 2. The number of hydrogen-bond acceptors (Lipinski definition) is 2. The maximum atomic E-state index is 4.30. The van der Waals surface area contributed by atoms with Crippen molar-refractivity contribution in [2.75, 3.05) is 39.8 Å². The maximum absolute atomic E-state index is 4.30. The van der Waals surface area contributed by atoms with Crippen molar-refractivity contribution in [1.29, 1.82) is 0 Å². The van der Waals surface area contributed by atoms with Crippen LogP contribution in [-0.2, 0) is 6.42 Å². The molecular weight excluding hydrogens is 320 g/mol. The Morgan fingerprint density at radius 2 is 1.77 bits per heavy atom. The van der Waals surface area contributed by atoms with Gasteiger partial charge in [-0.25, -0.2) is 0 Å². The molecule has 1 aromatic rings. The molecule has 1 aliphatic carbocycles. The molecule has 0 atom stereocenters. The second-order valence-corrected chi connectivity index (χ2v) is 8.01. The number of aliphatic imine (C=N–C) groups is 1. The van der Waals surface area contributed by atoms with Gasteiger partial charge in [0.15, 0.2) is 5.96 Å². The number of nitrogens with one attached hydrogen (secondary N) is 2. The molecular formula is C22H36N4. The summed E-state index contributed by atoms with van der Waals surface area (Å²) in [4.78, 5) is 6.96. The number of benzene rings is 1. The van der Waals surface area contributed by atoms with Crippen molar-refractivity contribution in [2.45, 2.75) is 44.9 Å². The number of nitrogens with zero attached hydrogens (tertiary/aromatic N) is 2. The summed E-state index contributed by atoms with van der Waals surface area (Å²) in [6.45, 7) is 5.89. The van der Waals surface area contributed by atoms with Crippen LogP contribution in [0.5, 0.6) is 0 Å². The molecule has 3 rings (SSSR count). The van der Waals surface area contributed by atoms with E-state index in [0.29, 0.717) is 0 Å². The van der Waals surface area contributed by atoms with Crippen LogP contribution in [-0.4, -0.2) is 50.6 Å². The topological polar surface area (TPSA) is 39.7 Å². The number of piperidine rings is 1.